The SMILES string of the molecule is CC[C@@H](C)[C@@H](NC(=O)[C@H](N)C(C)C)C(=O)N1CCC[C@@H]1C(=O)N[C@@H](C=O)Cc1ccccc1. The number of nitrogens with two attached hydrogens (primary N) is 1. The van der Waals surface area contributed by atoms with Gasteiger partial charge >= 0.3 is 0 Å². The number of benzene rings is 1. The maximum absolute atomic E-state index is 13.5. The standard InChI is InChI=1S/C25H38N4O4/c1-5-17(4)22(28-24(32)21(26)16(2)3)25(33)29-13-9-12-20(29)23(31)27-19(15-30)14-18-10-7-6-8-11-18/h6-8,10-11,15-17,19-22H,5,9,12-14,26H2,1-4H3,(H,27,31)(H,28,32)/t17-,19-,20-,21-,22-/m1/s1. The number of aldehydes is 1. The molecule has 1 aromatic rings. The third-order valence-electron chi connectivity index (χ3n) is 6.43. The van der Waals surface area contributed by atoms with Crippen LogP contribution in [0.4, 0.5) is 0 Å². The fraction of sp³-hybridized carbons (Fsp3) is 0.600. The van der Waals surface area contributed by atoms with Gasteiger partial charge in [0, 0.05) is 6.54 Å². The van der Waals surface area contributed by atoms with Gasteiger partial charge in [-0.2, -0.15) is 0 Å². The Morgan fingerprint density at radius 1 is 1.15 bits per heavy atom. The number of amides is 3. The van der Waals surface area contributed by atoms with Gasteiger partial charge in [-0.3, -0.25) is 14.4 Å². The highest BCUT2D eigenvalue weighted by Gasteiger charge is 2.40. The summed E-state index contributed by atoms with van der Waals surface area (Å²) in [5, 5.41) is 5.62. The average molecular weight is 459 g/mol. The van der Waals surface area contributed by atoms with Crippen molar-refractivity contribution >= 4 is 24.0 Å². The van der Waals surface area contributed by atoms with E-state index in [0.29, 0.717) is 32.2 Å². The molecule has 1 heterocycles. The van der Waals surface area contributed by atoms with Gasteiger partial charge in [0.2, 0.25) is 17.7 Å². The summed E-state index contributed by atoms with van der Waals surface area (Å²) in [6, 6.07) is 6.63. The molecule has 0 spiro atoms. The molecule has 4 N–H and O–H groups in total. The normalized spacial score (nSPS) is 19.5. The summed E-state index contributed by atoms with van der Waals surface area (Å²) in [6.45, 7) is 7.98. The van der Waals surface area contributed by atoms with Gasteiger partial charge in [0.15, 0.2) is 0 Å². The predicted molar refractivity (Wildman–Crippen MR) is 127 cm³/mol. The van der Waals surface area contributed by atoms with Crippen molar-refractivity contribution in [1.29, 1.82) is 0 Å². The highest BCUT2D eigenvalue weighted by Crippen LogP contribution is 2.22. The molecule has 1 saturated heterocycles. The number of nitrogens with zero attached hydrogens (tertiary/aromatic N) is 1. The van der Waals surface area contributed by atoms with Crippen molar-refractivity contribution in [1.82, 2.24) is 15.5 Å². The quantitative estimate of drug-likeness (QED) is 0.433. The number of carbonyl (C=O) groups excluding carboxylic acids is 4. The second-order valence-electron chi connectivity index (χ2n) is 9.27. The van der Waals surface area contributed by atoms with E-state index < -0.39 is 24.2 Å². The Morgan fingerprint density at radius 3 is 2.39 bits per heavy atom. The maximum Gasteiger partial charge on any atom is 0.246 e. The molecule has 5 atom stereocenters. The lowest BCUT2D eigenvalue weighted by atomic mass is 9.96. The molecule has 1 fully saturated rings. The molecular formula is C25H38N4O4. The largest absolute Gasteiger partial charge is 0.344 e. The third kappa shape index (κ3) is 7.12. The van der Waals surface area contributed by atoms with Gasteiger partial charge in [0.25, 0.3) is 0 Å². The lowest BCUT2D eigenvalue weighted by Gasteiger charge is -2.32. The Balaban J connectivity index is 2.11. The van der Waals surface area contributed by atoms with Gasteiger partial charge in [-0.25, -0.2) is 0 Å². The topological polar surface area (TPSA) is 122 Å². The van der Waals surface area contributed by atoms with Crippen molar-refractivity contribution in [2.24, 2.45) is 17.6 Å². The lowest BCUT2D eigenvalue weighted by Crippen LogP contribution is -2.58. The number of rotatable bonds is 11. The second-order valence-corrected chi connectivity index (χ2v) is 9.27. The summed E-state index contributed by atoms with van der Waals surface area (Å²) in [6.07, 6.45) is 2.99. The van der Waals surface area contributed by atoms with Crippen molar-refractivity contribution in [3.8, 4) is 0 Å². The summed E-state index contributed by atoms with van der Waals surface area (Å²) >= 11 is 0. The van der Waals surface area contributed by atoms with Gasteiger partial charge in [-0.15, -0.1) is 0 Å². The molecule has 0 aromatic heterocycles. The first-order valence-electron chi connectivity index (χ1n) is 11.9. The van der Waals surface area contributed by atoms with E-state index in [4.69, 9.17) is 5.73 Å². The number of hydrogen-bond donors (Lipinski definition) is 3. The Kier molecular flexibility index (Phi) is 10.0. The van der Waals surface area contributed by atoms with Crippen LogP contribution in [0.5, 0.6) is 0 Å². The van der Waals surface area contributed by atoms with Crippen molar-refractivity contribution in [2.75, 3.05) is 6.54 Å². The highest BCUT2D eigenvalue weighted by molar-refractivity contribution is 5.94. The molecular weight excluding hydrogens is 420 g/mol. The van der Waals surface area contributed by atoms with E-state index in [9.17, 15) is 19.2 Å². The molecule has 1 aromatic carbocycles. The average Bonchev–Trinajstić information content (AvgIpc) is 3.31. The van der Waals surface area contributed by atoms with Crippen LogP contribution in [-0.2, 0) is 25.6 Å². The van der Waals surface area contributed by atoms with E-state index >= 15 is 0 Å². The summed E-state index contributed by atoms with van der Waals surface area (Å²) in [7, 11) is 0. The molecule has 33 heavy (non-hydrogen) atoms. The minimum absolute atomic E-state index is 0.0621. The molecule has 0 saturated carbocycles. The Hall–Kier alpha value is -2.74. The maximum atomic E-state index is 13.5. The molecule has 0 bridgehead atoms. The summed E-state index contributed by atoms with van der Waals surface area (Å²) in [4.78, 5) is 52.2. The zero-order valence-corrected chi connectivity index (χ0v) is 20.1. The van der Waals surface area contributed by atoms with Crippen LogP contribution in [0.3, 0.4) is 0 Å². The Bertz CT molecular complexity index is 814. The first-order chi connectivity index (χ1) is 15.7. The van der Waals surface area contributed by atoms with Gasteiger partial charge in [0.05, 0.1) is 12.1 Å². The minimum Gasteiger partial charge on any atom is -0.344 e. The Morgan fingerprint density at radius 2 is 1.82 bits per heavy atom. The van der Waals surface area contributed by atoms with Crippen LogP contribution < -0.4 is 16.4 Å². The van der Waals surface area contributed by atoms with E-state index in [-0.39, 0.29) is 29.6 Å². The van der Waals surface area contributed by atoms with Gasteiger partial charge < -0.3 is 26.1 Å². The molecule has 8 heteroatoms. The fourth-order valence-electron chi connectivity index (χ4n) is 4.00. The number of carbonyl (C=O) groups is 4. The van der Waals surface area contributed by atoms with E-state index in [2.05, 4.69) is 10.6 Å². The van der Waals surface area contributed by atoms with Crippen LogP contribution in [0.25, 0.3) is 0 Å². The number of nitrogens with one attached hydrogen (secondary N) is 2. The molecule has 182 valence electrons. The van der Waals surface area contributed by atoms with Crippen LogP contribution in [0, 0.1) is 11.8 Å². The molecule has 2 rings (SSSR count). The molecule has 1 aliphatic rings. The zero-order valence-electron chi connectivity index (χ0n) is 20.1. The van der Waals surface area contributed by atoms with E-state index in [1.807, 2.05) is 58.0 Å². The van der Waals surface area contributed by atoms with Crippen LogP contribution >= 0.6 is 0 Å². The predicted octanol–water partition coefficient (Wildman–Crippen LogP) is 1.42. The van der Waals surface area contributed by atoms with Gasteiger partial charge in [0.1, 0.15) is 18.4 Å². The fourth-order valence-corrected chi connectivity index (χ4v) is 4.00. The monoisotopic (exact) mass is 458 g/mol. The highest BCUT2D eigenvalue weighted by atomic mass is 16.2. The first kappa shape index (κ1) is 26.5. The zero-order chi connectivity index (χ0) is 24.5. The van der Waals surface area contributed by atoms with E-state index in [1.54, 1.807) is 0 Å². The molecule has 0 unspecified atom stereocenters. The molecule has 1 aliphatic heterocycles. The smallest absolute Gasteiger partial charge is 0.246 e. The van der Waals surface area contributed by atoms with Crippen molar-refractivity contribution in [2.45, 2.75) is 77.5 Å². The van der Waals surface area contributed by atoms with E-state index in [1.165, 1.54) is 4.90 Å². The summed E-state index contributed by atoms with van der Waals surface area (Å²) in [5.41, 5.74) is 6.92. The minimum atomic E-state index is -0.758. The first-order valence-corrected chi connectivity index (χ1v) is 11.9. The van der Waals surface area contributed by atoms with Crippen LogP contribution in [0.1, 0.15) is 52.5 Å². The second kappa shape index (κ2) is 12.5. The molecule has 3 amide bonds. The molecule has 8 nitrogen and oxygen atoms in total. The van der Waals surface area contributed by atoms with E-state index in [0.717, 1.165) is 11.8 Å². The summed E-state index contributed by atoms with van der Waals surface area (Å²) in [5.74, 6) is -1.18. The van der Waals surface area contributed by atoms with Gasteiger partial charge in [-0.05, 0) is 36.7 Å². The van der Waals surface area contributed by atoms with Crippen LogP contribution in [0.15, 0.2) is 30.3 Å². The van der Waals surface area contributed by atoms with Gasteiger partial charge in [-0.1, -0.05) is 64.4 Å². The third-order valence-corrected chi connectivity index (χ3v) is 6.43. The summed E-state index contributed by atoms with van der Waals surface area (Å²) < 4.78 is 0. The number of likely N-dealkylation sites (tertiary alicyclic amines) is 1. The lowest BCUT2D eigenvalue weighted by molar-refractivity contribution is -0.143. The Labute approximate surface area is 196 Å². The van der Waals surface area contributed by atoms with Crippen molar-refractivity contribution in [3.05, 3.63) is 35.9 Å². The van der Waals surface area contributed by atoms with Crippen LogP contribution in [0.2, 0.25) is 0 Å². The van der Waals surface area contributed by atoms with Crippen molar-refractivity contribution in [3.63, 3.8) is 0 Å². The van der Waals surface area contributed by atoms with Crippen LogP contribution in [-0.4, -0.2) is 59.6 Å². The molecule has 0 radical (unpaired) electrons. The van der Waals surface area contributed by atoms with Crippen molar-refractivity contribution < 1.29 is 19.2 Å². The number of hydrogen-bond acceptors (Lipinski definition) is 5. The molecule has 0 aliphatic carbocycles.